The van der Waals surface area contributed by atoms with Gasteiger partial charge < -0.3 is 29.7 Å². The number of nitrogens with one attached hydrogen (secondary N) is 2. The molecule has 0 spiro atoms. The van der Waals surface area contributed by atoms with Crippen LogP contribution in [-0.4, -0.2) is 55.7 Å². The molecule has 4 rings (SSSR count). The summed E-state index contributed by atoms with van der Waals surface area (Å²) in [7, 11) is 4.80. The van der Waals surface area contributed by atoms with Crippen LogP contribution in [0.4, 0.5) is 9.93 Å². The number of methoxy groups -OCH3 is 3. The zero-order chi connectivity index (χ0) is 24.9. The molecule has 0 saturated heterocycles. The van der Waals surface area contributed by atoms with Crippen molar-refractivity contribution >= 4 is 28.4 Å². The summed E-state index contributed by atoms with van der Waals surface area (Å²) in [5.74, 6) is 1.62. The minimum absolute atomic E-state index is 0.335. The number of carbonyl (C=O) groups excluding carboxylic acids is 2. The minimum atomic E-state index is -0.755. The molecule has 2 heterocycles. The lowest BCUT2D eigenvalue weighted by Gasteiger charge is -2.38. The van der Waals surface area contributed by atoms with Crippen LogP contribution in [-0.2, 0) is 11.2 Å². The first kappa shape index (κ1) is 24.3. The van der Waals surface area contributed by atoms with Gasteiger partial charge in [-0.15, -0.1) is 11.3 Å². The summed E-state index contributed by atoms with van der Waals surface area (Å²) in [4.78, 5) is 31.8. The molecule has 0 unspecified atom stereocenters. The minimum Gasteiger partial charge on any atom is -0.497 e. The second-order valence-corrected chi connectivity index (χ2v) is 8.92. The molecule has 0 aliphatic carbocycles. The van der Waals surface area contributed by atoms with Gasteiger partial charge in [-0.3, -0.25) is 4.79 Å². The van der Waals surface area contributed by atoms with Gasteiger partial charge in [-0.1, -0.05) is 12.1 Å². The molecule has 184 valence electrons. The van der Waals surface area contributed by atoms with E-state index in [1.807, 2.05) is 36.4 Å². The highest BCUT2D eigenvalue weighted by molar-refractivity contribution is 7.13. The number of thiazole rings is 1. The number of hydrogen-bond acceptors (Lipinski definition) is 7. The number of aromatic nitrogens is 1. The van der Waals surface area contributed by atoms with Gasteiger partial charge >= 0.3 is 6.03 Å². The Morgan fingerprint density at radius 1 is 1.09 bits per heavy atom. The molecule has 2 aromatic carbocycles. The van der Waals surface area contributed by atoms with E-state index in [9.17, 15) is 9.59 Å². The fourth-order valence-corrected chi connectivity index (χ4v) is 4.67. The molecule has 2 N–H and O–H groups in total. The SMILES string of the molecule is COc1ccc([C@H]2c3cc(OC)c(OC)cc3CCN2C(=O)N[C@@H](C)C(=O)Nc2nccs2)cc1. The summed E-state index contributed by atoms with van der Waals surface area (Å²) in [5.41, 5.74) is 2.92. The zero-order valence-corrected chi connectivity index (χ0v) is 20.8. The Hall–Kier alpha value is -3.79. The fraction of sp³-hybridized carbons (Fsp3) is 0.320. The predicted molar refractivity (Wildman–Crippen MR) is 134 cm³/mol. The number of amides is 3. The molecular weight excluding hydrogens is 468 g/mol. The van der Waals surface area contributed by atoms with Crippen molar-refractivity contribution < 1.29 is 23.8 Å². The molecule has 0 radical (unpaired) electrons. The summed E-state index contributed by atoms with van der Waals surface area (Å²) in [6, 6.07) is 10.0. The van der Waals surface area contributed by atoms with Gasteiger partial charge in [0.05, 0.1) is 27.4 Å². The van der Waals surface area contributed by atoms with E-state index >= 15 is 0 Å². The first-order valence-electron chi connectivity index (χ1n) is 11.1. The third-order valence-corrected chi connectivity index (χ3v) is 6.65. The predicted octanol–water partition coefficient (Wildman–Crippen LogP) is 3.85. The molecule has 0 bridgehead atoms. The lowest BCUT2D eigenvalue weighted by molar-refractivity contribution is -0.117. The molecule has 1 aliphatic heterocycles. The normalized spacial score (nSPS) is 15.5. The largest absolute Gasteiger partial charge is 0.497 e. The molecule has 2 atom stereocenters. The first-order valence-corrected chi connectivity index (χ1v) is 12.0. The van der Waals surface area contributed by atoms with Gasteiger partial charge in [0.15, 0.2) is 16.6 Å². The number of fused-ring (bicyclic) bond motifs is 1. The summed E-state index contributed by atoms with van der Waals surface area (Å²) in [5, 5.41) is 7.81. The molecule has 3 aromatic rings. The van der Waals surface area contributed by atoms with Crippen molar-refractivity contribution in [2.24, 2.45) is 0 Å². The topological polar surface area (TPSA) is 102 Å². The second-order valence-electron chi connectivity index (χ2n) is 8.02. The third kappa shape index (κ3) is 5.17. The summed E-state index contributed by atoms with van der Waals surface area (Å²) >= 11 is 1.32. The summed E-state index contributed by atoms with van der Waals surface area (Å²) in [6.45, 7) is 2.11. The van der Waals surface area contributed by atoms with E-state index in [1.54, 1.807) is 44.7 Å². The van der Waals surface area contributed by atoms with Gasteiger partial charge in [-0.2, -0.15) is 0 Å². The molecule has 0 saturated carbocycles. The number of benzene rings is 2. The second kappa shape index (κ2) is 10.6. The van der Waals surface area contributed by atoms with E-state index in [4.69, 9.17) is 14.2 Å². The van der Waals surface area contributed by atoms with Gasteiger partial charge in [0.1, 0.15) is 11.8 Å². The Kier molecular flexibility index (Phi) is 7.40. The number of rotatable bonds is 7. The van der Waals surface area contributed by atoms with E-state index in [1.165, 1.54) is 11.3 Å². The van der Waals surface area contributed by atoms with E-state index in [0.717, 1.165) is 22.4 Å². The Bertz CT molecular complexity index is 1180. The van der Waals surface area contributed by atoms with Crippen molar-refractivity contribution in [2.75, 3.05) is 33.2 Å². The maximum absolute atomic E-state index is 13.5. The van der Waals surface area contributed by atoms with E-state index in [0.29, 0.717) is 29.6 Å². The van der Waals surface area contributed by atoms with Crippen molar-refractivity contribution in [1.29, 1.82) is 0 Å². The summed E-state index contributed by atoms with van der Waals surface area (Å²) < 4.78 is 16.3. The molecule has 9 nitrogen and oxygen atoms in total. The van der Waals surface area contributed by atoms with Crippen LogP contribution >= 0.6 is 11.3 Å². The van der Waals surface area contributed by atoms with E-state index in [2.05, 4.69) is 15.6 Å². The molecule has 1 aliphatic rings. The van der Waals surface area contributed by atoms with Gasteiger partial charge in [0, 0.05) is 18.1 Å². The van der Waals surface area contributed by atoms with Crippen molar-refractivity contribution in [2.45, 2.75) is 25.4 Å². The summed E-state index contributed by atoms with van der Waals surface area (Å²) in [6.07, 6.45) is 2.24. The molecular formula is C25H28N4O5S. The highest BCUT2D eigenvalue weighted by Gasteiger charge is 2.34. The third-order valence-electron chi connectivity index (χ3n) is 5.96. The van der Waals surface area contributed by atoms with Crippen LogP contribution in [0.15, 0.2) is 48.0 Å². The van der Waals surface area contributed by atoms with Crippen molar-refractivity contribution in [3.63, 3.8) is 0 Å². The number of anilines is 1. The number of urea groups is 1. The van der Waals surface area contributed by atoms with E-state index in [-0.39, 0.29) is 11.9 Å². The number of hydrogen-bond donors (Lipinski definition) is 2. The van der Waals surface area contributed by atoms with Crippen LogP contribution < -0.4 is 24.8 Å². The van der Waals surface area contributed by atoms with Crippen molar-refractivity contribution in [1.82, 2.24) is 15.2 Å². The van der Waals surface area contributed by atoms with Crippen LogP contribution in [0.1, 0.15) is 29.7 Å². The van der Waals surface area contributed by atoms with E-state index < -0.39 is 12.1 Å². The van der Waals surface area contributed by atoms with Gasteiger partial charge in [-0.25, -0.2) is 9.78 Å². The molecule has 35 heavy (non-hydrogen) atoms. The fourth-order valence-electron chi connectivity index (χ4n) is 4.14. The van der Waals surface area contributed by atoms with Gasteiger partial charge in [0.25, 0.3) is 0 Å². The number of ether oxygens (including phenoxy) is 3. The maximum Gasteiger partial charge on any atom is 0.318 e. The molecule has 0 fully saturated rings. The van der Waals surface area contributed by atoms with Crippen molar-refractivity contribution in [3.8, 4) is 17.2 Å². The standard InChI is InChI=1S/C25H28N4O5S/c1-15(23(30)28-24-26-10-12-35-24)27-25(31)29-11-9-17-13-20(33-3)21(34-4)14-19(17)22(29)16-5-7-18(32-2)8-6-16/h5-8,10,12-15,22H,9,11H2,1-4H3,(H,27,31)(H,26,28,30)/t15-,22-/m0/s1. The average molecular weight is 497 g/mol. The number of carbonyl (C=O) groups is 2. The van der Waals surface area contributed by atoms with Crippen LogP contribution in [0.5, 0.6) is 17.2 Å². The van der Waals surface area contributed by atoms with Gasteiger partial charge in [-0.05, 0) is 54.3 Å². The van der Waals surface area contributed by atoms with Crippen LogP contribution in [0.2, 0.25) is 0 Å². The Morgan fingerprint density at radius 2 is 1.80 bits per heavy atom. The average Bonchev–Trinajstić information content (AvgIpc) is 3.40. The Balaban J connectivity index is 1.64. The Labute approximate surface area is 208 Å². The Morgan fingerprint density at radius 3 is 2.43 bits per heavy atom. The quantitative estimate of drug-likeness (QED) is 0.515. The van der Waals surface area contributed by atoms with Crippen LogP contribution in [0, 0.1) is 0 Å². The molecule has 1 aromatic heterocycles. The molecule has 10 heteroatoms. The van der Waals surface area contributed by atoms with Crippen molar-refractivity contribution in [3.05, 3.63) is 64.7 Å². The van der Waals surface area contributed by atoms with Gasteiger partial charge in [0.2, 0.25) is 5.91 Å². The van der Waals surface area contributed by atoms with Crippen LogP contribution in [0.3, 0.4) is 0 Å². The lowest BCUT2D eigenvalue weighted by Crippen LogP contribution is -2.51. The monoisotopic (exact) mass is 496 g/mol. The zero-order valence-electron chi connectivity index (χ0n) is 20.0. The number of nitrogens with zero attached hydrogens (tertiary/aromatic N) is 2. The highest BCUT2D eigenvalue weighted by Crippen LogP contribution is 2.41. The maximum atomic E-state index is 13.5. The smallest absolute Gasteiger partial charge is 0.318 e. The lowest BCUT2D eigenvalue weighted by atomic mass is 9.87. The van der Waals surface area contributed by atoms with Crippen LogP contribution in [0.25, 0.3) is 0 Å². The molecule has 3 amide bonds. The highest BCUT2D eigenvalue weighted by atomic mass is 32.1. The first-order chi connectivity index (χ1) is 16.9.